The number of hydrogen-bond acceptors (Lipinski definition) is 2. The van der Waals surface area contributed by atoms with Crippen LogP contribution in [0.3, 0.4) is 0 Å². The van der Waals surface area contributed by atoms with Crippen LogP contribution in [0.25, 0.3) is 0 Å². The minimum atomic E-state index is -2.79. The van der Waals surface area contributed by atoms with Crippen LogP contribution >= 0.6 is 0 Å². The average Bonchev–Trinajstić information content (AvgIpc) is 1.67. The summed E-state index contributed by atoms with van der Waals surface area (Å²) in [5, 5.41) is 0. The van der Waals surface area contributed by atoms with E-state index >= 15 is 0 Å². The van der Waals surface area contributed by atoms with E-state index in [2.05, 4.69) is 4.36 Å². The molecule has 4 heteroatoms. The van der Waals surface area contributed by atoms with Gasteiger partial charge in [-0.3, -0.25) is 0 Å². The molecular weight excluding hydrogens is 126 g/mol. The molecule has 3 nitrogen and oxygen atoms in total. The predicted molar refractivity (Wildman–Crippen MR) is 34.3 cm³/mol. The van der Waals surface area contributed by atoms with Gasteiger partial charge < -0.3 is 4.55 Å². The maximum atomic E-state index is 10.5. The molecule has 1 unspecified atom stereocenters. The number of hydrogen-bond donors (Lipinski definition) is 1. The molecule has 0 aliphatic carbocycles. The summed E-state index contributed by atoms with van der Waals surface area (Å²) in [6.45, 7) is 1.85. The van der Waals surface area contributed by atoms with Crippen LogP contribution < -0.4 is 0 Å². The molecule has 0 saturated carbocycles. The summed E-state index contributed by atoms with van der Waals surface area (Å²) in [6.07, 6.45) is 0.701. The van der Waals surface area contributed by atoms with Crippen molar-refractivity contribution < 1.29 is 8.76 Å². The summed E-state index contributed by atoms with van der Waals surface area (Å²) in [5.74, 6) is 0.281. The molecule has 0 aromatic carbocycles. The lowest BCUT2D eigenvalue weighted by Gasteiger charge is -1.94. The van der Waals surface area contributed by atoms with Gasteiger partial charge >= 0.3 is 0 Å². The highest BCUT2D eigenvalue weighted by Crippen LogP contribution is 1.90. The lowest BCUT2D eigenvalue weighted by atomic mass is 10.6. The topological polar surface area (TPSA) is 49.7 Å². The molecular formula is C4H11NO2S. The first kappa shape index (κ1) is 7.91. The van der Waals surface area contributed by atoms with Gasteiger partial charge in [0.2, 0.25) is 0 Å². The smallest absolute Gasteiger partial charge is 0.160 e. The zero-order valence-electron chi connectivity index (χ0n) is 5.13. The Bertz CT molecular complexity index is 157. The first-order chi connectivity index (χ1) is 3.62. The van der Waals surface area contributed by atoms with Crippen molar-refractivity contribution in [3.63, 3.8) is 0 Å². The van der Waals surface area contributed by atoms with Crippen molar-refractivity contribution in [3.8, 4) is 0 Å². The molecule has 0 bridgehead atoms. The maximum absolute atomic E-state index is 10.5. The van der Waals surface area contributed by atoms with E-state index in [1.807, 2.05) is 6.92 Å². The molecule has 0 heterocycles. The fourth-order valence-electron chi connectivity index (χ4n) is 0.357. The summed E-state index contributed by atoms with van der Waals surface area (Å²) in [4.78, 5) is 0. The van der Waals surface area contributed by atoms with Gasteiger partial charge in [-0.25, -0.2) is 8.57 Å². The van der Waals surface area contributed by atoms with E-state index in [9.17, 15) is 4.21 Å². The quantitative estimate of drug-likeness (QED) is 0.616. The van der Waals surface area contributed by atoms with E-state index in [1.165, 1.54) is 7.05 Å². The highest BCUT2D eigenvalue weighted by Gasteiger charge is 1.96. The third-order valence-electron chi connectivity index (χ3n) is 0.755. The molecule has 0 amide bonds. The van der Waals surface area contributed by atoms with Gasteiger partial charge in [-0.2, -0.15) is 0 Å². The Morgan fingerprint density at radius 2 is 2.25 bits per heavy atom. The van der Waals surface area contributed by atoms with Gasteiger partial charge in [0, 0.05) is 7.05 Å². The summed E-state index contributed by atoms with van der Waals surface area (Å²) < 4.78 is 22.5. The van der Waals surface area contributed by atoms with Crippen LogP contribution in [0, 0.1) is 0 Å². The van der Waals surface area contributed by atoms with Gasteiger partial charge in [-0.05, 0) is 6.42 Å². The summed E-state index contributed by atoms with van der Waals surface area (Å²) in [5.41, 5.74) is 0. The lowest BCUT2D eigenvalue weighted by Crippen LogP contribution is -2.01. The van der Waals surface area contributed by atoms with E-state index in [1.54, 1.807) is 0 Å². The van der Waals surface area contributed by atoms with Crippen molar-refractivity contribution in [1.82, 2.24) is 0 Å². The van der Waals surface area contributed by atoms with Crippen LogP contribution in [0.5, 0.6) is 0 Å². The Kier molecular flexibility index (Phi) is 3.01. The molecule has 50 valence electrons. The molecule has 0 spiro atoms. The molecule has 8 heavy (non-hydrogen) atoms. The van der Waals surface area contributed by atoms with Crippen molar-refractivity contribution in [1.29, 1.82) is 0 Å². The van der Waals surface area contributed by atoms with E-state index in [0.29, 0.717) is 6.42 Å². The molecule has 0 aromatic rings. The molecule has 0 aliphatic rings. The summed E-state index contributed by atoms with van der Waals surface area (Å²) in [7, 11) is -1.44. The molecule has 0 aromatic heterocycles. The Labute approximate surface area is 50.1 Å². The minimum Gasteiger partial charge on any atom is -0.300 e. The van der Waals surface area contributed by atoms with Gasteiger partial charge in [0.05, 0.1) is 5.75 Å². The van der Waals surface area contributed by atoms with Crippen molar-refractivity contribution in [2.75, 3.05) is 12.8 Å². The highest BCUT2D eigenvalue weighted by molar-refractivity contribution is 7.88. The van der Waals surface area contributed by atoms with Crippen LogP contribution in [0.15, 0.2) is 4.36 Å². The maximum Gasteiger partial charge on any atom is 0.160 e. The monoisotopic (exact) mass is 137 g/mol. The highest BCUT2D eigenvalue weighted by atomic mass is 32.2. The molecule has 1 N–H and O–H groups in total. The van der Waals surface area contributed by atoms with Crippen LogP contribution in [-0.4, -0.2) is 21.6 Å². The number of rotatable bonds is 2. The lowest BCUT2D eigenvalue weighted by molar-refractivity contribution is 0.549. The van der Waals surface area contributed by atoms with Crippen LogP contribution in [0.2, 0.25) is 0 Å². The third-order valence-corrected chi connectivity index (χ3v) is 2.27. The Balaban J connectivity index is 3.96. The fraction of sp³-hybridized carbons (Fsp3) is 1.00. The predicted octanol–water partition coefficient (Wildman–Crippen LogP) is 0.967. The van der Waals surface area contributed by atoms with Crippen molar-refractivity contribution in [2.24, 2.45) is 4.36 Å². The van der Waals surface area contributed by atoms with E-state index < -0.39 is 10.0 Å². The summed E-state index contributed by atoms with van der Waals surface area (Å²) >= 11 is 0. The molecule has 0 radical (unpaired) electrons. The van der Waals surface area contributed by atoms with Crippen molar-refractivity contribution in [2.45, 2.75) is 13.3 Å². The second kappa shape index (κ2) is 3.04. The molecule has 0 saturated heterocycles. The standard InChI is InChI=1S/C4H11NO2S/c1-3-4-8(6,7)5-2/h3-4H2,1-2H3,(H,5,6,7). The van der Waals surface area contributed by atoms with Crippen LogP contribution in [-0.2, 0) is 10.0 Å². The van der Waals surface area contributed by atoms with Crippen molar-refractivity contribution >= 4 is 10.0 Å². The number of nitrogens with zero attached hydrogens (tertiary/aromatic N) is 1. The largest absolute Gasteiger partial charge is 0.300 e. The zero-order chi connectivity index (χ0) is 6.62. The normalized spacial score (nSPS) is 17.4. The van der Waals surface area contributed by atoms with Crippen molar-refractivity contribution in [3.05, 3.63) is 0 Å². The fourth-order valence-corrected chi connectivity index (χ4v) is 1.07. The Hall–Kier alpha value is -0.0900. The van der Waals surface area contributed by atoms with Crippen LogP contribution in [0.4, 0.5) is 0 Å². The van der Waals surface area contributed by atoms with Gasteiger partial charge in [-0.1, -0.05) is 6.92 Å². The first-order valence-electron chi connectivity index (χ1n) is 2.47. The van der Waals surface area contributed by atoms with Crippen LogP contribution in [0.1, 0.15) is 13.3 Å². The SMILES string of the molecule is CCCS(=O)(O)=NC. The minimum absolute atomic E-state index is 0.281. The molecule has 1 atom stereocenters. The zero-order valence-corrected chi connectivity index (χ0v) is 5.94. The Morgan fingerprint density at radius 1 is 1.75 bits per heavy atom. The van der Waals surface area contributed by atoms with Gasteiger partial charge in [-0.15, -0.1) is 0 Å². The molecule has 0 aliphatic heterocycles. The molecule has 0 fully saturated rings. The third kappa shape index (κ3) is 2.98. The molecule has 0 rings (SSSR count). The second-order valence-electron chi connectivity index (χ2n) is 1.49. The van der Waals surface area contributed by atoms with Gasteiger partial charge in [0.15, 0.2) is 10.0 Å². The average molecular weight is 137 g/mol. The van der Waals surface area contributed by atoms with Gasteiger partial charge in [0.1, 0.15) is 0 Å². The Morgan fingerprint density at radius 3 is 2.38 bits per heavy atom. The first-order valence-corrected chi connectivity index (χ1v) is 4.12. The van der Waals surface area contributed by atoms with Gasteiger partial charge in [0.25, 0.3) is 0 Å². The summed E-state index contributed by atoms with van der Waals surface area (Å²) in [6, 6.07) is 0. The second-order valence-corrected chi connectivity index (χ2v) is 3.48. The van der Waals surface area contributed by atoms with E-state index in [4.69, 9.17) is 4.55 Å². The van der Waals surface area contributed by atoms with E-state index in [0.717, 1.165) is 0 Å². The van der Waals surface area contributed by atoms with E-state index in [-0.39, 0.29) is 5.75 Å².